The quantitative estimate of drug-likeness (QED) is 0.0922. The van der Waals surface area contributed by atoms with Crippen molar-refractivity contribution in [1.82, 2.24) is 29.2 Å². The highest BCUT2D eigenvalue weighted by molar-refractivity contribution is 7.15. The molecule has 388 valence electrons. The maximum absolute atomic E-state index is 13.0. The molecular formula is C50H50N6O16S2. The number of rotatable bonds is 16. The van der Waals surface area contributed by atoms with Crippen LogP contribution < -0.4 is 67.6 Å². The Labute approximate surface area is 429 Å². The third kappa shape index (κ3) is 12.6. The Hall–Kier alpha value is -8.77. The van der Waals surface area contributed by atoms with E-state index >= 15 is 0 Å². The highest BCUT2D eigenvalue weighted by Gasteiger charge is 2.21. The van der Waals surface area contributed by atoms with Crippen LogP contribution in [0, 0.1) is 0 Å². The zero-order valence-electron chi connectivity index (χ0n) is 41.9. The minimum Gasteiger partial charge on any atom is -0.493 e. The number of thiazole rings is 2. The van der Waals surface area contributed by atoms with Crippen LogP contribution in [-0.2, 0) is 14.4 Å². The van der Waals surface area contributed by atoms with Crippen molar-refractivity contribution in [3.05, 3.63) is 102 Å². The van der Waals surface area contributed by atoms with Crippen molar-refractivity contribution in [1.29, 1.82) is 0 Å². The van der Waals surface area contributed by atoms with Gasteiger partial charge < -0.3 is 52.5 Å². The third-order valence-electron chi connectivity index (χ3n) is 9.85. The number of methoxy groups -OCH3 is 6. The van der Waals surface area contributed by atoms with Gasteiger partial charge in [-0.2, -0.15) is 19.0 Å². The SMILES string of the molecule is CC(=O)O.CCOc1cc(/C=c2\sc3nc(-c4cc(OC)c(OC)c(OC)c4)nn3c2=O)ccc1OC(C)=O.CCOc1cc(/C=c2\sc3nc(-c4cc(OC)c(OC)c(OC)c4)nn3c2=O)ccc1OC(C)=O. The predicted molar refractivity (Wildman–Crippen MR) is 273 cm³/mol. The van der Waals surface area contributed by atoms with E-state index in [-0.39, 0.29) is 11.1 Å². The number of carboxylic acid groups (broad SMARTS) is 1. The summed E-state index contributed by atoms with van der Waals surface area (Å²) in [4.78, 5) is 67.6. The van der Waals surface area contributed by atoms with Crippen molar-refractivity contribution in [3.63, 3.8) is 0 Å². The first-order valence-corrected chi connectivity index (χ1v) is 23.7. The number of carbonyl (C=O) groups excluding carboxylic acids is 2. The smallest absolute Gasteiger partial charge is 0.308 e. The van der Waals surface area contributed by atoms with Crippen molar-refractivity contribution >= 4 is 62.7 Å². The largest absolute Gasteiger partial charge is 0.493 e. The van der Waals surface area contributed by atoms with Crippen LogP contribution in [0.15, 0.2) is 70.3 Å². The Morgan fingerprint density at radius 3 is 1.14 bits per heavy atom. The first-order valence-electron chi connectivity index (χ1n) is 22.0. The van der Waals surface area contributed by atoms with E-state index in [1.54, 1.807) is 72.8 Å². The molecule has 0 unspecified atom stereocenters. The highest BCUT2D eigenvalue weighted by atomic mass is 32.1. The Morgan fingerprint density at radius 1 is 0.527 bits per heavy atom. The maximum atomic E-state index is 13.0. The number of hydrogen-bond donors (Lipinski definition) is 1. The molecule has 4 heterocycles. The van der Waals surface area contributed by atoms with Crippen LogP contribution in [0.1, 0.15) is 45.7 Å². The lowest BCUT2D eigenvalue weighted by atomic mass is 10.1. The number of fused-ring (bicyclic) bond motifs is 2. The molecule has 0 fully saturated rings. The van der Waals surface area contributed by atoms with Crippen LogP contribution in [0.4, 0.5) is 0 Å². The lowest BCUT2D eigenvalue weighted by molar-refractivity contribution is -0.134. The van der Waals surface area contributed by atoms with Crippen molar-refractivity contribution in [2.75, 3.05) is 55.9 Å². The molecule has 8 aromatic rings. The minimum atomic E-state index is -0.833. The Morgan fingerprint density at radius 2 is 0.865 bits per heavy atom. The molecule has 0 aliphatic heterocycles. The van der Waals surface area contributed by atoms with E-state index < -0.39 is 17.9 Å². The van der Waals surface area contributed by atoms with Gasteiger partial charge in [-0.3, -0.25) is 24.0 Å². The van der Waals surface area contributed by atoms with Crippen LogP contribution >= 0.6 is 22.7 Å². The molecule has 0 atom stereocenters. The molecule has 0 saturated carbocycles. The van der Waals surface area contributed by atoms with E-state index in [4.69, 9.17) is 57.3 Å². The standard InChI is InChI=1S/2C24H23N3O7S.C2H4O2/c2*1-6-33-17-9-14(7-8-16(17)34-13(2)28)10-20-23(29)27-24(35-20)25-22(26-27)15-11-18(30-3)21(32-5)19(12-15)31-4;1-2(3)4/h2*7-12H,6H2,1-5H3;1H3,(H,3,4)/b2*20-10-;. The van der Waals surface area contributed by atoms with Gasteiger partial charge in [0, 0.05) is 31.9 Å². The van der Waals surface area contributed by atoms with Gasteiger partial charge in [-0.05, 0) is 85.7 Å². The second-order valence-corrected chi connectivity index (χ2v) is 16.9. The number of aromatic nitrogens is 6. The summed E-state index contributed by atoms with van der Waals surface area (Å²) in [5, 5.41) is 16.2. The molecule has 1 N–H and O–H groups in total. The first-order chi connectivity index (χ1) is 35.5. The van der Waals surface area contributed by atoms with E-state index in [0.29, 0.717) is 124 Å². The van der Waals surface area contributed by atoms with Crippen LogP contribution in [0.5, 0.6) is 57.5 Å². The highest BCUT2D eigenvalue weighted by Crippen LogP contribution is 2.42. The molecule has 0 bridgehead atoms. The lowest BCUT2D eigenvalue weighted by Gasteiger charge is -2.12. The zero-order valence-corrected chi connectivity index (χ0v) is 43.5. The second kappa shape index (κ2) is 24.6. The fourth-order valence-corrected chi connectivity index (χ4v) is 8.69. The molecule has 4 aromatic carbocycles. The van der Waals surface area contributed by atoms with Gasteiger partial charge in [0.15, 0.2) is 57.6 Å². The van der Waals surface area contributed by atoms with Gasteiger partial charge in [0.1, 0.15) is 0 Å². The fourth-order valence-electron chi connectivity index (χ4n) is 6.88. The Balaban J connectivity index is 0.000000225. The Bertz CT molecular complexity index is 3310. The van der Waals surface area contributed by atoms with Crippen LogP contribution in [-0.4, -0.2) is 108 Å². The van der Waals surface area contributed by atoms with Crippen molar-refractivity contribution < 1.29 is 66.9 Å². The molecule has 0 amide bonds. The molecule has 0 radical (unpaired) electrons. The second-order valence-electron chi connectivity index (χ2n) is 14.9. The van der Waals surface area contributed by atoms with E-state index in [2.05, 4.69) is 20.2 Å². The number of aliphatic carboxylic acids is 1. The predicted octanol–water partition coefficient (Wildman–Crippen LogP) is 5.52. The number of esters is 2. The number of hydrogen-bond acceptors (Lipinski definition) is 21. The summed E-state index contributed by atoms with van der Waals surface area (Å²) in [7, 11) is 9.13. The summed E-state index contributed by atoms with van der Waals surface area (Å²) in [5.41, 5.74) is 2.02. The molecule has 22 nitrogen and oxygen atoms in total. The molecular weight excluding hydrogens is 1000 g/mol. The summed E-state index contributed by atoms with van der Waals surface area (Å²) in [6.07, 6.45) is 3.42. The van der Waals surface area contributed by atoms with Gasteiger partial charge >= 0.3 is 11.9 Å². The molecule has 0 saturated heterocycles. The van der Waals surface area contributed by atoms with E-state index in [1.165, 1.54) is 88.2 Å². The maximum Gasteiger partial charge on any atom is 0.308 e. The summed E-state index contributed by atoms with van der Waals surface area (Å²) in [6.45, 7) is 8.17. The van der Waals surface area contributed by atoms with Crippen LogP contribution in [0.3, 0.4) is 0 Å². The molecule has 24 heteroatoms. The number of benzene rings is 4. The van der Waals surface area contributed by atoms with Crippen molar-refractivity contribution in [2.45, 2.75) is 34.6 Å². The monoisotopic (exact) mass is 1050 g/mol. The molecule has 74 heavy (non-hydrogen) atoms. The summed E-state index contributed by atoms with van der Waals surface area (Å²) in [5.74, 6) is 3.16. The minimum absolute atomic E-state index is 0.307. The molecule has 0 aliphatic carbocycles. The normalized spacial score (nSPS) is 11.2. The summed E-state index contributed by atoms with van der Waals surface area (Å²) >= 11 is 2.41. The van der Waals surface area contributed by atoms with Gasteiger partial charge in [-0.15, -0.1) is 10.2 Å². The average Bonchev–Trinajstić information content (AvgIpc) is 4.13. The van der Waals surface area contributed by atoms with Crippen LogP contribution in [0.25, 0.3) is 44.8 Å². The van der Waals surface area contributed by atoms with E-state index in [1.807, 2.05) is 13.8 Å². The van der Waals surface area contributed by atoms with Gasteiger partial charge in [0.05, 0.1) is 64.9 Å². The zero-order chi connectivity index (χ0) is 53.8. The van der Waals surface area contributed by atoms with Crippen LogP contribution in [0.2, 0.25) is 0 Å². The van der Waals surface area contributed by atoms with Gasteiger partial charge in [-0.1, -0.05) is 34.8 Å². The first kappa shape index (κ1) is 54.6. The molecule has 0 spiro atoms. The summed E-state index contributed by atoms with van der Waals surface area (Å²) < 4.78 is 57.2. The van der Waals surface area contributed by atoms with E-state index in [9.17, 15) is 19.2 Å². The molecule has 4 aromatic heterocycles. The third-order valence-corrected chi connectivity index (χ3v) is 11.8. The summed E-state index contributed by atoms with van der Waals surface area (Å²) in [6, 6.07) is 17.0. The number of nitrogens with zero attached hydrogens (tertiary/aromatic N) is 6. The lowest BCUT2D eigenvalue weighted by Crippen LogP contribution is -2.23. The molecule has 0 aliphatic rings. The fraction of sp³-hybridized carbons (Fsp3) is 0.260. The number of carbonyl (C=O) groups is 3. The van der Waals surface area contributed by atoms with Gasteiger partial charge in [-0.25, -0.2) is 0 Å². The number of carboxylic acids is 1. The van der Waals surface area contributed by atoms with Gasteiger partial charge in [0.25, 0.3) is 17.1 Å². The van der Waals surface area contributed by atoms with E-state index in [0.717, 1.165) is 6.92 Å². The van der Waals surface area contributed by atoms with Gasteiger partial charge in [0.2, 0.25) is 21.4 Å². The van der Waals surface area contributed by atoms with Crippen molar-refractivity contribution in [3.8, 4) is 80.3 Å². The van der Waals surface area contributed by atoms with Crippen molar-refractivity contribution in [2.24, 2.45) is 0 Å². The average molecular weight is 1060 g/mol. The topological polar surface area (TPSA) is 258 Å². The molecule has 8 rings (SSSR count). The Kier molecular flexibility index (Phi) is 18.1. The number of ether oxygens (including phenoxy) is 10.